The van der Waals surface area contributed by atoms with Crippen molar-refractivity contribution in [2.24, 2.45) is 0 Å². The third-order valence-electron chi connectivity index (χ3n) is 1.82. The predicted octanol–water partition coefficient (Wildman–Crippen LogP) is 1.68. The Morgan fingerprint density at radius 1 is 1.36 bits per heavy atom. The second-order valence-corrected chi connectivity index (χ2v) is 3.04. The number of aliphatic carboxylic acids is 1. The van der Waals surface area contributed by atoms with E-state index in [0.29, 0.717) is 26.2 Å². The van der Waals surface area contributed by atoms with Gasteiger partial charge in [-0.1, -0.05) is 13.3 Å². The van der Waals surface area contributed by atoms with Crippen LogP contribution in [0.15, 0.2) is 0 Å². The van der Waals surface area contributed by atoms with E-state index in [9.17, 15) is 4.79 Å². The van der Waals surface area contributed by atoms with Gasteiger partial charge in [-0.3, -0.25) is 0 Å². The molecule has 0 aliphatic rings. The minimum Gasteiger partial charge on any atom is -0.479 e. The fourth-order valence-electron chi connectivity index (χ4n) is 0.983. The number of unbranched alkanes of at least 4 members (excludes halogenated alkanes) is 1. The molecule has 14 heavy (non-hydrogen) atoms. The van der Waals surface area contributed by atoms with E-state index in [-0.39, 0.29) is 0 Å². The molecular weight excluding hydrogens is 184 g/mol. The highest BCUT2D eigenvalue weighted by atomic mass is 16.5. The second-order valence-electron chi connectivity index (χ2n) is 3.04. The number of hydrogen-bond acceptors (Lipinski definition) is 3. The number of carboxylic acid groups (broad SMARTS) is 1. The zero-order valence-electron chi connectivity index (χ0n) is 8.99. The van der Waals surface area contributed by atoms with Crippen LogP contribution in [0.4, 0.5) is 0 Å². The standard InChI is InChI=1S/C10H20O4/c1-3-5-7-14-9(10(11)12)6-8-13-4-2/h9H,3-8H2,1-2H3,(H,11,12). The largest absolute Gasteiger partial charge is 0.479 e. The van der Waals surface area contributed by atoms with E-state index >= 15 is 0 Å². The maximum atomic E-state index is 10.7. The van der Waals surface area contributed by atoms with Crippen molar-refractivity contribution in [1.29, 1.82) is 0 Å². The van der Waals surface area contributed by atoms with E-state index in [0.717, 1.165) is 12.8 Å². The molecule has 0 aromatic carbocycles. The van der Waals surface area contributed by atoms with Crippen molar-refractivity contribution in [2.75, 3.05) is 19.8 Å². The predicted molar refractivity (Wildman–Crippen MR) is 53.4 cm³/mol. The molecule has 0 aliphatic heterocycles. The summed E-state index contributed by atoms with van der Waals surface area (Å²) in [5, 5.41) is 8.79. The highest BCUT2D eigenvalue weighted by molar-refractivity contribution is 5.72. The van der Waals surface area contributed by atoms with Crippen molar-refractivity contribution in [3.05, 3.63) is 0 Å². The lowest BCUT2D eigenvalue weighted by Crippen LogP contribution is -2.26. The van der Waals surface area contributed by atoms with Gasteiger partial charge in [0, 0.05) is 26.2 Å². The Hall–Kier alpha value is -0.610. The maximum absolute atomic E-state index is 10.7. The van der Waals surface area contributed by atoms with E-state index in [1.165, 1.54) is 0 Å². The van der Waals surface area contributed by atoms with Gasteiger partial charge >= 0.3 is 5.97 Å². The molecule has 1 N–H and O–H groups in total. The molecule has 0 aromatic heterocycles. The molecule has 0 saturated heterocycles. The molecule has 0 aromatic rings. The Kier molecular flexibility index (Phi) is 8.57. The highest BCUT2D eigenvalue weighted by Gasteiger charge is 2.16. The number of carboxylic acids is 1. The van der Waals surface area contributed by atoms with Crippen LogP contribution in [0.1, 0.15) is 33.1 Å². The van der Waals surface area contributed by atoms with Crippen LogP contribution in [0.5, 0.6) is 0 Å². The normalized spacial score (nSPS) is 12.7. The van der Waals surface area contributed by atoms with Crippen LogP contribution in [0.3, 0.4) is 0 Å². The molecule has 1 atom stereocenters. The molecule has 0 bridgehead atoms. The zero-order valence-corrected chi connectivity index (χ0v) is 8.99. The van der Waals surface area contributed by atoms with Crippen molar-refractivity contribution in [3.63, 3.8) is 0 Å². The Balaban J connectivity index is 3.61. The molecule has 84 valence electrons. The number of hydrogen-bond donors (Lipinski definition) is 1. The molecule has 0 aliphatic carbocycles. The first kappa shape index (κ1) is 13.4. The van der Waals surface area contributed by atoms with Crippen LogP contribution in [-0.2, 0) is 14.3 Å². The molecule has 0 amide bonds. The van der Waals surface area contributed by atoms with Gasteiger partial charge in [-0.25, -0.2) is 4.79 Å². The Morgan fingerprint density at radius 3 is 2.57 bits per heavy atom. The highest BCUT2D eigenvalue weighted by Crippen LogP contribution is 2.01. The first-order chi connectivity index (χ1) is 6.72. The van der Waals surface area contributed by atoms with Gasteiger partial charge in [0.25, 0.3) is 0 Å². The lowest BCUT2D eigenvalue weighted by molar-refractivity contribution is -0.151. The fraction of sp³-hybridized carbons (Fsp3) is 0.900. The van der Waals surface area contributed by atoms with Gasteiger partial charge in [0.15, 0.2) is 6.10 Å². The minimum absolute atomic E-state index is 0.423. The summed E-state index contributed by atoms with van der Waals surface area (Å²) < 4.78 is 10.3. The number of carbonyl (C=O) groups is 1. The van der Waals surface area contributed by atoms with Crippen molar-refractivity contribution in [2.45, 2.75) is 39.2 Å². The van der Waals surface area contributed by atoms with E-state index in [1.807, 2.05) is 13.8 Å². The molecule has 0 fully saturated rings. The van der Waals surface area contributed by atoms with Gasteiger partial charge in [0.2, 0.25) is 0 Å². The zero-order chi connectivity index (χ0) is 10.8. The van der Waals surface area contributed by atoms with E-state index in [4.69, 9.17) is 14.6 Å². The van der Waals surface area contributed by atoms with Crippen LogP contribution in [0.25, 0.3) is 0 Å². The van der Waals surface area contributed by atoms with Crippen molar-refractivity contribution in [3.8, 4) is 0 Å². The lowest BCUT2D eigenvalue weighted by Gasteiger charge is -2.12. The summed E-state index contributed by atoms with van der Waals surface area (Å²) in [6, 6.07) is 0. The van der Waals surface area contributed by atoms with Gasteiger partial charge in [0.05, 0.1) is 0 Å². The molecule has 0 heterocycles. The van der Waals surface area contributed by atoms with Gasteiger partial charge in [-0.05, 0) is 13.3 Å². The Bertz CT molecular complexity index is 137. The van der Waals surface area contributed by atoms with Crippen LogP contribution >= 0.6 is 0 Å². The number of rotatable bonds is 9. The summed E-state index contributed by atoms with van der Waals surface area (Å²) in [6.07, 6.45) is 1.62. The second kappa shape index (κ2) is 8.97. The van der Waals surface area contributed by atoms with Gasteiger partial charge < -0.3 is 14.6 Å². The molecule has 0 rings (SSSR count). The Morgan fingerprint density at radius 2 is 2.07 bits per heavy atom. The first-order valence-corrected chi connectivity index (χ1v) is 5.14. The molecule has 0 spiro atoms. The monoisotopic (exact) mass is 204 g/mol. The summed E-state index contributed by atoms with van der Waals surface area (Å²) in [4.78, 5) is 10.7. The fourth-order valence-corrected chi connectivity index (χ4v) is 0.983. The molecule has 1 unspecified atom stereocenters. The van der Waals surface area contributed by atoms with E-state index in [2.05, 4.69) is 0 Å². The van der Waals surface area contributed by atoms with Crippen LogP contribution in [0, 0.1) is 0 Å². The Labute approximate surface area is 85.2 Å². The average Bonchev–Trinajstić information content (AvgIpc) is 2.15. The summed E-state index contributed by atoms with van der Waals surface area (Å²) in [7, 11) is 0. The molecule has 4 nitrogen and oxygen atoms in total. The van der Waals surface area contributed by atoms with Gasteiger partial charge in [-0.2, -0.15) is 0 Å². The molecule has 4 heteroatoms. The van der Waals surface area contributed by atoms with Crippen molar-refractivity contribution < 1.29 is 19.4 Å². The quantitative estimate of drug-likeness (QED) is 0.580. The van der Waals surface area contributed by atoms with Crippen LogP contribution < -0.4 is 0 Å². The third kappa shape index (κ3) is 6.86. The molecule has 0 saturated carbocycles. The number of ether oxygens (including phenoxy) is 2. The third-order valence-corrected chi connectivity index (χ3v) is 1.82. The van der Waals surface area contributed by atoms with Gasteiger partial charge in [-0.15, -0.1) is 0 Å². The maximum Gasteiger partial charge on any atom is 0.332 e. The SMILES string of the molecule is CCCCOC(CCOCC)C(=O)O. The smallest absolute Gasteiger partial charge is 0.332 e. The topological polar surface area (TPSA) is 55.8 Å². The van der Waals surface area contributed by atoms with Crippen molar-refractivity contribution >= 4 is 5.97 Å². The molecular formula is C10H20O4. The van der Waals surface area contributed by atoms with E-state index in [1.54, 1.807) is 0 Å². The van der Waals surface area contributed by atoms with Crippen molar-refractivity contribution in [1.82, 2.24) is 0 Å². The first-order valence-electron chi connectivity index (χ1n) is 5.14. The minimum atomic E-state index is -0.902. The molecule has 0 radical (unpaired) electrons. The average molecular weight is 204 g/mol. The summed E-state index contributed by atoms with van der Waals surface area (Å²) >= 11 is 0. The van der Waals surface area contributed by atoms with Crippen LogP contribution in [0.2, 0.25) is 0 Å². The van der Waals surface area contributed by atoms with Crippen LogP contribution in [-0.4, -0.2) is 37.0 Å². The lowest BCUT2D eigenvalue weighted by atomic mass is 10.2. The van der Waals surface area contributed by atoms with Gasteiger partial charge in [0.1, 0.15) is 0 Å². The summed E-state index contributed by atoms with van der Waals surface area (Å²) in [5.41, 5.74) is 0. The summed E-state index contributed by atoms with van der Waals surface area (Å²) in [5.74, 6) is -0.902. The van der Waals surface area contributed by atoms with E-state index < -0.39 is 12.1 Å². The summed E-state index contributed by atoms with van der Waals surface area (Å²) in [6.45, 7) is 5.49.